The van der Waals surface area contributed by atoms with E-state index >= 15 is 0 Å². The fourth-order valence-corrected chi connectivity index (χ4v) is 6.24. The van der Waals surface area contributed by atoms with Gasteiger partial charge in [-0.1, -0.05) is 43.4 Å². The molecule has 0 bridgehead atoms. The zero-order valence-corrected chi connectivity index (χ0v) is 14.4. The van der Waals surface area contributed by atoms with E-state index in [0.717, 1.165) is 10.9 Å². The summed E-state index contributed by atoms with van der Waals surface area (Å²) in [6.45, 7) is 10.3. The highest BCUT2D eigenvalue weighted by Gasteiger charge is 2.30. The summed E-state index contributed by atoms with van der Waals surface area (Å²) in [4.78, 5) is 0.346. The van der Waals surface area contributed by atoms with Crippen LogP contribution in [-0.4, -0.2) is 27.8 Å². The van der Waals surface area contributed by atoms with Crippen molar-refractivity contribution in [1.82, 2.24) is 4.31 Å². The summed E-state index contributed by atoms with van der Waals surface area (Å²) >= 11 is 0. The summed E-state index contributed by atoms with van der Waals surface area (Å²) in [5.41, 5.74) is 1.05. The molecular weight excluding hydrogens is 274 g/mol. The predicted octanol–water partition coefficient (Wildman–Crippen LogP) is 3.40. The van der Waals surface area contributed by atoms with Crippen LogP contribution in [0, 0.1) is 6.92 Å². The van der Waals surface area contributed by atoms with Crippen molar-refractivity contribution in [1.29, 1.82) is 0 Å². The molecular formula is C14H23NO2SSi. The van der Waals surface area contributed by atoms with Crippen molar-refractivity contribution in [2.45, 2.75) is 38.4 Å². The molecule has 0 aliphatic rings. The van der Waals surface area contributed by atoms with E-state index in [9.17, 15) is 8.42 Å². The average Bonchev–Trinajstić information content (AvgIpc) is 2.28. The monoisotopic (exact) mass is 297 g/mol. The lowest BCUT2D eigenvalue weighted by molar-refractivity contribution is 0.532. The van der Waals surface area contributed by atoms with Crippen LogP contribution >= 0.6 is 0 Å². The Morgan fingerprint density at radius 3 is 2.00 bits per heavy atom. The molecule has 0 radical (unpaired) electrons. The highest BCUT2D eigenvalue weighted by Crippen LogP contribution is 2.24. The summed E-state index contributed by atoms with van der Waals surface area (Å²) in [5, 5.41) is 0.924. The van der Waals surface area contributed by atoms with Crippen LogP contribution in [0.3, 0.4) is 0 Å². The van der Waals surface area contributed by atoms with Crippen molar-refractivity contribution >= 4 is 18.1 Å². The Kier molecular flexibility index (Phi) is 4.63. The molecule has 19 heavy (non-hydrogen) atoms. The van der Waals surface area contributed by atoms with E-state index < -0.39 is 18.1 Å². The van der Waals surface area contributed by atoms with Gasteiger partial charge in [0.2, 0.25) is 0 Å². The van der Waals surface area contributed by atoms with Crippen LogP contribution in [0.2, 0.25) is 19.6 Å². The number of hydrogen-bond donors (Lipinski definition) is 0. The van der Waals surface area contributed by atoms with Crippen LogP contribution in [0.25, 0.3) is 0 Å². The normalized spacial score (nSPS) is 13.5. The molecule has 3 nitrogen and oxygen atoms in total. The fourth-order valence-electron chi connectivity index (χ4n) is 2.08. The lowest BCUT2D eigenvalue weighted by Crippen LogP contribution is -2.38. The van der Waals surface area contributed by atoms with Crippen molar-refractivity contribution in [3.63, 3.8) is 0 Å². The first kappa shape index (κ1) is 16.0. The Morgan fingerprint density at radius 2 is 1.63 bits per heavy atom. The third kappa shape index (κ3) is 3.48. The van der Waals surface area contributed by atoms with Gasteiger partial charge < -0.3 is 0 Å². The maximum atomic E-state index is 12.6. The molecule has 0 atom stereocenters. The number of nitrogens with zero attached hydrogens (tertiary/aromatic N) is 1. The van der Waals surface area contributed by atoms with Gasteiger partial charge in [-0.05, 0) is 26.0 Å². The van der Waals surface area contributed by atoms with E-state index in [1.54, 1.807) is 19.2 Å². The number of allylic oxidation sites excluding steroid dienone is 1. The molecule has 0 aliphatic carbocycles. The van der Waals surface area contributed by atoms with Gasteiger partial charge in [-0.2, -0.15) is 0 Å². The molecule has 0 saturated carbocycles. The van der Waals surface area contributed by atoms with Crippen LogP contribution in [0.1, 0.15) is 12.5 Å². The molecule has 0 saturated heterocycles. The van der Waals surface area contributed by atoms with Crippen LogP contribution in [0.15, 0.2) is 40.6 Å². The van der Waals surface area contributed by atoms with Gasteiger partial charge in [-0.15, -0.1) is 0 Å². The van der Waals surface area contributed by atoms with Gasteiger partial charge in [0.1, 0.15) is 0 Å². The van der Waals surface area contributed by atoms with E-state index in [1.807, 2.05) is 32.1 Å². The molecule has 5 heteroatoms. The summed E-state index contributed by atoms with van der Waals surface area (Å²) in [5.74, 6) is 0. The van der Waals surface area contributed by atoms with Gasteiger partial charge in [-0.25, -0.2) is 8.42 Å². The molecule has 1 aromatic rings. The Bertz CT molecular complexity index is 568. The number of sulfonamides is 1. The number of aryl methyl sites for hydroxylation is 1. The highest BCUT2D eigenvalue weighted by molar-refractivity contribution is 7.89. The topological polar surface area (TPSA) is 37.4 Å². The molecule has 0 unspecified atom stereocenters. The summed E-state index contributed by atoms with van der Waals surface area (Å²) < 4.78 is 26.6. The summed E-state index contributed by atoms with van der Waals surface area (Å²) in [6.07, 6.45) is 1.91. The van der Waals surface area contributed by atoms with Gasteiger partial charge in [0.05, 0.1) is 13.0 Å². The van der Waals surface area contributed by atoms with Crippen molar-refractivity contribution < 1.29 is 8.42 Å². The van der Waals surface area contributed by atoms with Crippen molar-refractivity contribution in [2.75, 3.05) is 7.05 Å². The molecule has 0 fully saturated rings. The van der Waals surface area contributed by atoms with Gasteiger partial charge in [0.25, 0.3) is 10.0 Å². The zero-order valence-electron chi connectivity index (χ0n) is 12.6. The summed E-state index contributed by atoms with van der Waals surface area (Å²) in [6, 6.07) is 6.98. The van der Waals surface area contributed by atoms with E-state index in [0.29, 0.717) is 4.90 Å². The lowest BCUT2D eigenvalue weighted by Gasteiger charge is -2.30. The van der Waals surface area contributed by atoms with Gasteiger partial charge >= 0.3 is 0 Å². The molecule has 0 aromatic heterocycles. The largest absolute Gasteiger partial charge is 0.278 e. The third-order valence-corrected chi connectivity index (χ3v) is 7.17. The Balaban J connectivity index is 3.24. The second-order valence-electron chi connectivity index (χ2n) is 5.71. The predicted molar refractivity (Wildman–Crippen MR) is 83.2 cm³/mol. The van der Waals surface area contributed by atoms with Crippen LogP contribution in [0.4, 0.5) is 0 Å². The smallest absolute Gasteiger partial charge is 0.263 e. The van der Waals surface area contributed by atoms with Crippen LogP contribution in [-0.2, 0) is 10.0 Å². The first-order valence-corrected chi connectivity index (χ1v) is 11.3. The van der Waals surface area contributed by atoms with E-state index in [1.165, 1.54) is 4.31 Å². The Morgan fingerprint density at radius 1 is 1.16 bits per heavy atom. The first-order chi connectivity index (χ1) is 8.60. The number of hydrogen-bond acceptors (Lipinski definition) is 2. The SMILES string of the molecule is C/C=C(\N(C)S(=O)(=O)c1ccc(C)cc1)[Si](C)(C)C. The standard InChI is InChI=1S/C14H23NO2SSi/c1-7-14(19(4,5)6)15(3)18(16,17)13-10-8-12(2)9-11-13/h7-11H,1-6H3/b14-7+. The molecule has 106 valence electrons. The second-order valence-corrected chi connectivity index (χ2v) is 12.7. The van der Waals surface area contributed by atoms with E-state index in [4.69, 9.17) is 0 Å². The second kappa shape index (κ2) is 5.51. The molecule has 0 amide bonds. The Labute approximate surface area is 118 Å². The maximum Gasteiger partial charge on any atom is 0.263 e. The third-order valence-electron chi connectivity index (χ3n) is 3.06. The van der Waals surface area contributed by atoms with Gasteiger partial charge in [-0.3, -0.25) is 4.31 Å². The fraction of sp³-hybridized carbons (Fsp3) is 0.429. The average molecular weight is 297 g/mol. The van der Waals surface area contributed by atoms with Gasteiger partial charge in [0.15, 0.2) is 0 Å². The minimum absolute atomic E-state index is 0.346. The molecule has 0 spiro atoms. The number of rotatable bonds is 4. The minimum atomic E-state index is -3.45. The molecule has 1 rings (SSSR count). The minimum Gasteiger partial charge on any atom is -0.278 e. The molecule has 0 heterocycles. The van der Waals surface area contributed by atoms with Crippen molar-refractivity contribution in [3.05, 3.63) is 41.2 Å². The van der Waals surface area contributed by atoms with E-state index in [2.05, 4.69) is 19.6 Å². The maximum absolute atomic E-state index is 12.6. The first-order valence-electron chi connectivity index (χ1n) is 6.33. The quantitative estimate of drug-likeness (QED) is 0.799. The van der Waals surface area contributed by atoms with Crippen LogP contribution in [0.5, 0.6) is 0 Å². The van der Waals surface area contributed by atoms with Crippen molar-refractivity contribution in [2.24, 2.45) is 0 Å². The van der Waals surface area contributed by atoms with E-state index in [-0.39, 0.29) is 0 Å². The van der Waals surface area contributed by atoms with Crippen LogP contribution < -0.4 is 0 Å². The molecule has 0 N–H and O–H groups in total. The Hall–Kier alpha value is -1.07. The lowest BCUT2D eigenvalue weighted by atomic mass is 10.2. The number of benzene rings is 1. The van der Waals surface area contributed by atoms with Crippen molar-refractivity contribution in [3.8, 4) is 0 Å². The zero-order chi connectivity index (χ0) is 14.8. The summed E-state index contributed by atoms with van der Waals surface area (Å²) in [7, 11) is -3.50. The highest BCUT2D eigenvalue weighted by atomic mass is 32.2. The molecule has 0 aliphatic heterocycles. The van der Waals surface area contributed by atoms with Gasteiger partial charge in [0, 0.05) is 12.4 Å². The molecule has 1 aromatic carbocycles.